The summed E-state index contributed by atoms with van der Waals surface area (Å²) in [5, 5.41) is 4.03. The zero-order valence-electron chi connectivity index (χ0n) is 38.1. The predicted molar refractivity (Wildman–Crippen MR) is 262 cm³/mol. The zero-order chi connectivity index (χ0) is 42.8. The van der Waals surface area contributed by atoms with E-state index in [1.54, 1.807) is 0 Å². The maximum absolute atomic E-state index is 5.31. The van der Waals surface area contributed by atoms with Crippen LogP contribution in [0, 0.1) is 5.41 Å². The van der Waals surface area contributed by atoms with Crippen molar-refractivity contribution in [3.8, 4) is 28.1 Å². The highest BCUT2D eigenvalue weighted by Gasteiger charge is 2.50. The van der Waals surface area contributed by atoms with Crippen LogP contribution in [0.15, 0.2) is 140 Å². The Labute approximate surface area is 366 Å². The molecule has 310 valence electrons. The molecule has 0 saturated carbocycles. The highest BCUT2D eigenvalue weighted by Crippen LogP contribution is 2.50. The van der Waals surface area contributed by atoms with Gasteiger partial charge in [0.25, 0.3) is 5.82 Å². The molecule has 0 amide bonds. The van der Waals surface area contributed by atoms with Crippen LogP contribution in [0.1, 0.15) is 114 Å². The van der Waals surface area contributed by atoms with E-state index in [1.165, 1.54) is 77.6 Å². The number of aromatic nitrogens is 3. The fraction of sp³-hybridized carbons (Fsp3) is 0.333. The van der Waals surface area contributed by atoms with Gasteiger partial charge in [-0.1, -0.05) is 146 Å². The first-order valence-electron chi connectivity index (χ1n) is 23.1. The van der Waals surface area contributed by atoms with Crippen LogP contribution in [0.3, 0.4) is 0 Å². The van der Waals surface area contributed by atoms with Gasteiger partial charge in [-0.3, -0.25) is 0 Å². The Morgan fingerprint density at radius 2 is 1.49 bits per heavy atom. The monoisotopic (exact) mass is 819 g/mol. The average Bonchev–Trinajstić information content (AvgIpc) is 3.61. The summed E-state index contributed by atoms with van der Waals surface area (Å²) in [6, 6.07) is 44.0. The number of imidazole rings is 1. The highest BCUT2D eigenvalue weighted by molar-refractivity contribution is 6.88. The minimum absolute atomic E-state index is 0.0351. The Morgan fingerprint density at radius 1 is 0.803 bits per heavy atom. The first-order valence-corrected chi connectivity index (χ1v) is 26.6. The fourth-order valence-corrected chi connectivity index (χ4v) is 11.9. The third kappa shape index (κ3) is 6.96. The fourth-order valence-electron chi connectivity index (χ4n) is 10.8. The van der Waals surface area contributed by atoms with Gasteiger partial charge in [-0.05, 0) is 108 Å². The van der Waals surface area contributed by atoms with Gasteiger partial charge in [-0.15, -0.1) is 0 Å². The summed E-state index contributed by atoms with van der Waals surface area (Å²) in [7, 11) is -1.66. The number of pyridine rings is 1. The van der Waals surface area contributed by atoms with Gasteiger partial charge in [0.05, 0.1) is 20.4 Å². The van der Waals surface area contributed by atoms with Gasteiger partial charge < -0.3 is 0 Å². The molecule has 0 spiro atoms. The van der Waals surface area contributed by atoms with Crippen LogP contribution in [0.4, 0.5) is 0 Å². The van der Waals surface area contributed by atoms with Crippen molar-refractivity contribution in [1.29, 1.82) is 0 Å². The van der Waals surface area contributed by atoms with E-state index >= 15 is 0 Å². The zero-order valence-corrected chi connectivity index (χ0v) is 39.1. The number of benzene rings is 5. The SMILES string of the molecule is C=C1C2C(CCC(/C=C\CC)(CC)Cc3n1c1ccc4ccccc4c1[n+]3-c1c(C(C)C)cc(-c3ccccc3)cc1C(C)C)c1ccccc1-c1ccc([Si](C)(C)C)c[n+]12. The number of hydrogen-bond acceptors (Lipinski definition) is 0. The molecule has 0 fully saturated rings. The van der Waals surface area contributed by atoms with Crippen molar-refractivity contribution in [2.24, 2.45) is 5.41 Å². The first kappa shape index (κ1) is 41.1. The van der Waals surface area contributed by atoms with Crippen LogP contribution in [0.25, 0.3) is 55.6 Å². The van der Waals surface area contributed by atoms with Crippen LogP contribution < -0.4 is 14.3 Å². The number of nitrogens with zero attached hydrogens (tertiary/aromatic N) is 3. The molecule has 3 nitrogen and oxygen atoms in total. The van der Waals surface area contributed by atoms with Crippen molar-refractivity contribution >= 4 is 40.8 Å². The summed E-state index contributed by atoms with van der Waals surface area (Å²) in [5.74, 6) is 2.18. The molecule has 0 aliphatic carbocycles. The molecule has 0 N–H and O–H groups in total. The molecular weight excluding hydrogens is 755 g/mol. The molecule has 4 heterocycles. The average molecular weight is 820 g/mol. The predicted octanol–water partition coefficient (Wildman–Crippen LogP) is 14.0. The lowest BCUT2D eigenvalue weighted by atomic mass is 9.72. The van der Waals surface area contributed by atoms with E-state index in [9.17, 15) is 0 Å². The molecule has 9 rings (SSSR count). The summed E-state index contributed by atoms with van der Waals surface area (Å²) >= 11 is 0. The van der Waals surface area contributed by atoms with E-state index in [2.05, 4.69) is 208 Å². The Morgan fingerprint density at radius 3 is 2.18 bits per heavy atom. The first-order chi connectivity index (χ1) is 29.4. The highest BCUT2D eigenvalue weighted by atomic mass is 28.3. The standard InChI is InChI=1S/C57H65N3Si/c1-11-13-32-57(12-2)33-31-48-46-25-19-20-26-47(46)51-30-28-44(61(8,9)10)37-58(51)54(48)40(7)59-52-29-27-42-23-17-18-24-45(42)56(52)60(53(59)36-57)55-49(38(3)4)34-43(35-50(55)39(5)6)41-21-15-14-16-22-41/h13-30,32,34-35,37-39,48,54H,7,11-12,31,33,36H2,1-6,8-10H3/q+2/b32-13-. The van der Waals surface area contributed by atoms with Gasteiger partial charge in [-0.25, -0.2) is 0 Å². The topological polar surface area (TPSA) is 12.7 Å². The normalized spacial score (nSPS) is 19.2. The van der Waals surface area contributed by atoms with Crippen LogP contribution in [-0.4, -0.2) is 12.6 Å². The number of hydrogen-bond donors (Lipinski definition) is 0. The van der Waals surface area contributed by atoms with E-state index < -0.39 is 8.07 Å². The van der Waals surface area contributed by atoms with Gasteiger partial charge in [-0.2, -0.15) is 13.7 Å². The van der Waals surface area contributed by atoms with E-state index in [1.807, 2.05) is 0 Å². The van der Waals surface area contributed by atoms with Crippen molar-refractivity contribution in [2.45, 2.75) is 117 Å². The van der Waals surface area contributed by atoms with Crippen molar-refractivity contribution in [1.82, 2.24) is 4.57 Å². The second kappa shape index (κ2) is 15.9. The molecule has 5 aromatic carbocycles. The van der Waals surface area contributed by atoms with Crippen LogP contribution in [0.5, 0.6) is 0 Å². The summed E-state index contributed by atoms with van der Waals surface area (Å²) in [4.78, 5) is 0. The lowest BCUT2D eigenvalue weighted by Crippen LogP contribution is -2.53. The van der Waals surface area contributed by atoms with Crippen LogP contribution >= 0.6 is 0 Å². The lowest BCUT2D eigenvalue weighted by Gasteiger charge is -2.33. The molecule has 3 atom stereocenters. The summed E-state index contributed by atoms with van der Waals surface area (Å²) in [5.41, 5.74) is 14.4. The summed E-state index contributed by atoms with van der Waals surface area (Å²) in [6.45, 7) is 27.0. The summed E-state index contributed by atoms with van der Waals surface area (Å²) < 4.78 is 8.09. The van der Waals surface area contributed by atoms with E-state index in [0.717, 1.165) is 37.8 Å². The van der Waals surface area contributed by atoms with Crippen molar-refractivity contribution in [3.63, 3.8) is 0 Å². The van der Waals surface area contributed by atoms with E-state index in [-0.39, 0.29) is 17.4 Å². The number of fused-ring (bicyclic) bond motifs is 11. The Kier molecular flexibility index (Phi) is 10.7. The molecule has 7 aromatic rings. The largest absolute Gasteiger partial charge is 0.268 e. The quantitative estimate of drug-likeness (QED) is 0.0823. The molecule has 2 aliphatic heterocycles. The van der Waals surface area contributed by atoms with Crippen LogP contribution in [0.2, 0.25) is 19.6 Å². The Balaban J connectivity index is 1.45. The molecule has 0 radical (unpaired) electrons. The third-order valence-electron chi connectivity index (χ3n) is 14.3. The van der Waals surface area contributed by atoms with Gasteiger partial charge in [0.1, 0.15) is 5.69 Å². The molecule has 2 aliphatic rings. The van der Waals surface area contributed by atoms with E-state index in [0.29, 0.717) is 11.8 Å². The lowest BCUT2D eigenvalue weighted by molar-refractivity contribution is -0.704. The molecule has 61 heavy (non-hydrogen) atoms. The van der Waals surface area contributed by atoms with Crippen molar-refractivity contribution in [3.05, 3.63) is 163 Å². The molecule has 4 heteroatoms. The second-order valence-corrected chi connectivity index (χ2v) is 24.8. The Hall–Kier alpha value is -5.32. The van der Waals surface area contributed by atoms with E-state index in [4.69, 9.17) is 6.58 Å². The molecule has 0 bridgehead atoms. The van der Waals surface area contributed by atoms with Gasteiger partial charge in [0, 0.05) is 33.3 Å². The molecule has 3 unspecified atom stereocenters. The van der Waals surface area contributed by atoms with Gasteiger partial charge in [0.15, 0.2) is 22.9 Å². The number of allylic oxidation sites excluding steroid dienone is 3. The van der Waals surface area contributed by atoms with Crippen molar-refractivity contribution < 1.29 is 9.13 Å². The minimum Gasteiger partial charge on any atom is -0.191 e. The maximum atomic E-state index is 5.31. The minimum atomic E-state index is -1.66. The third-order valence-corrected chi connectivity index (χ3v) is 16.3. The second-order valence-electron chi connectivity index (χ2n) is 19.8. The Bertz CT molecular complexity index is 2800. The van der Waals surface area contributed by atoms with Crippen molar-refractivity contribution in [2.75, 3.05) is 0 Å². The van der Waals surface area contributed by atoms with Gasteiger partial charge >= 0.3 is 0 Å². The molecule has 0 saturated heterocycles. The van der Waals surface area contributed by atoms with Crippen LogP contribution in [-0.2, 0) is 6.42 Å². The molecule has 2 aromatic heterocycles. The number of rotatable bonds is 8. The molecular formula is C57H65N3Si+2. The maximum Gasteiger partial charge on any atom is 0.268 e. The smallest absolute Gasteiger partial charge is 0.191 e. The summed E-state index contributed by atoms with van der Waals surface area (Å²) in [6.07, 6.45) is 12.8. The van der Waals surface area contributed by atoms with Gasteiger partial charge in [0.2, 0.25) is 11.7 Å².